The first-order chi connectivity index (χ1) is 16.8. The lowest BCUT2D eigenvalue weighted by Crippen LogP contribution is -2.49. The van der Waals surface area contributed by atoms with Crippen molar-refractivity contribution in [2.24, 2.45) is 0 Å². The van der Waals surface area contributed by atoms with Gasteiger partial charge in [-0.2, -0.15) is 0 Å². The van der Waals surface area contributed by atoms with Gasteiger partial charge in [-0.15, -0.1) is 0 Å². The third kappa shape index (κ3) is 6.22. The van der Waals surface area contributed by atoms with E-state index in [0.717, 1.165) is 5.56 Å². The Morgan fingerprint density at radius 2 is 1.67 bits per heavy atom. The minimum atomic E-state index is -0.979. The molecule has 3 rings (SSSR count). The van der Waals surface area contributed by atoms with Crippen LogP contribution in [0.5, 0.6) is 5.75 Å². The lowest BCUT2D eigenvalue weighted by molar-refractivity contribution is -0.123. The van der Waals surface area contributed by atoms with Crippen molar-refractivity contribution < 1.29 is 14.3 Å². The molecule has 1 heterocycles. The normalized spacial score (nSPS) is 12.5. The number of methoxy groups -OCH3 is 1. The molecule has 0 aliphatic carbocycles. The minimum absolute atomic E-state index is 0.0695. The number of aromatic nitrogens is 1. The highest BCUT2D eigenvalue weighted by molar-refractivity contribution is 6.11. The summed E-state index contributed by atoms with van der Waals surface area (Å²) < 4.78 is 5.48. The van der Waals surface area contributed by atoms with Gasteiger partial charge in [0.05, 0.1) is 12.7 Å². The van der Waals surface area contributed by atoms with Gasteiger partial charge in [-0.3, -0.25) is 19.5 Å². The van der Waals surface area contributed by atoms with E-state index >= 15 is 0 Å². The number of rotatable bonds is 6. The number of anilines is 2. The number of nitrogen functional groups attached to an aromatic ring is 1. The highest BCUT2D eigenvalue weighted by Gasteiger charge is 2.36. The Balaban J connectivity index is 2.24. The Morgan fingerprint density at radius 1 is 1.00 bits per heavy atom. The summed E-state index contributed by atoms with van der Waals surface area (Å²) in [6.07, 6.45) is 3.24. The predicted molar refractivity (Wildman–Crippen MR) is 144 cm³/mol. The van der Waals surface area contributed by atoms with Gasteiger partial charge >= 0.3 is 0 Å². The number of carbonyl (C=O) groups excluding carboxylic acids is 2. The molecule has 0 aliphatic rings. The molecular formula is C29H36N4O3. The Labute approximate surface area is 213 Å². The van der Waals surface area contributed by atoms with Crippen LogP contribution in [0.25, 0.3) is 0 Å². The van der Waals surface area contributed by atoms with Crippen LogP contribution in [0.3, 0.4) is 0 Å². The van der Waals surface area contributed by atoms with Gasteiger partial charge in [0.15, 0.2) is 0 Å². The summed E-state index contributed by atoms with van der Waals surface area (Å²) in [7, 11) is 1.49. The number of nitrogens with one attached hydrogen (secondary N) is 1. The summed E-state index contributed by atoms with van der Waals surface area (Å²) in [5.74, 6) is -0.385. The molecule has 2 amide bonds. The molecule has 1 aromatic heterocycles. The number of nitrogens with zero attached hydrogens (tertiary/aromatic N) is 2. The van der Waals surface area contributed by atoms with Crippen molar-refractivity contribution >= 4 is 23.2 Å². The molecule has 3 aromatic rings. The van der Waals surface area contributed by atoms with Crippen LogP contribution in [0, 0.1) is 0 Å². The standard InChI is InChI=1S/C29H36N4O3/c1-28(2,3)20-10-13-22(14-11-20)33(27(35)23-15-12-21(30)17-24(23)36-7)25(19-9-8-16-31-18-19)26(34)32-29(4,5)6/h8-18,25H,30H2,1-7H3,(H,32,34). The van der Waals surface area contributed by atoms with E-state index in [4.69, 9.17) is 10.5 Å². The molecule has 1 atom stereocenters. The zero-order chi connectivity index (χ0) is 26.7. The second kappa shape index (κ2) is 10.4. The van der Waals surface area contributed by atoms with E-state index < -0.39 is 17.5 Å². The number of carbonyl (C=O) groups is 2. The van der Waals surface area contributed by atoms with Crippen LogP contribution in [0.1, 0.15) is 69.1 Å². The van der Waals surface area contributed by atoms with E-state index in [0.29, 0.717) is 28.3 Å². The van der Waals surface area contributed by atoms with Crippen LogP contribution in [-0.2, 0) is 10.2 Å². The molecule has 0 radical (unpaired) electrons. The Hall–Kier alpha value is -3.87. The van der Waals surface area contributed by atoms with E-state index in [1.807, 2.05) is 45.0 Å². The van der Waals surface area contributed by atoms with Crippen LogP contribution in [-0.4, -0.2) is 29.4 Å². The molecule has 0 bridgehead atoms. The molecule has 0 fully saturated rings. The predicted octanol–water partition coefficient (Wildman–Crippen LogP) is 5.27. The van der Waals surface area contributed by atoms with Crippen LogP contribution in [0.15, 0.2) is 67.0 Å². The summed E-state index contributed by atoms with van der Waals surface area (Å²) in [6.45, 7) is 12.1. The first kappa shape index (κ1) is 26.7. The van der Waals surface area contributed by atoms with E-state index in [1.54, 1.807) is 42.7 Å². The Morgan fingerprint density at radius 3 is 2.19 bits per heavy atom. The molecule has 0 spiro atoms. The zero-order valence-corrected chi connectivity index (χ0v) is 22.1. The minimum Gasteiger partial charge on any atom is -0.496 e. The molecule has 36 heavy (non-hydrogen) atoms. The fourth-order valence-electron chi connectivity index (χ4n) is 3.91. The van der Waals surface area contributed by atoms with Gasteiger partial charge in [0, 0.05) is 40.9 Å². The quantitative estimate of drug-likeness (QED) is 0.461. The van der Waals surface area contributed by atoms with Crippen molar-refractivity contribution in [2.75, 3.05) is 17.7 Å². The van der Waals surface area contributed by atoms with E-state index in [1.165, 1.54) is 12.0 Å². The molecule has 1 unspecified atom stereocenters. The summed E-state index contributed by atoms with van der Waals surface area (Å²) in [5, 5.41) is 3.04. The van der Waals surface area contributed by atoms with Crippen molar-refractivity contribution in [3.05, 3.63) is 83.7 Å². The highest BCUT2D eigenvalue weighted by atomic mass is 16.5. The van der Waals surface area contributed by atoms with Crippen LogP contribution >= 0.6 is 0 Å². The van der Waals surface area contributed by atoms with E-state index in [9.17, 15) is 9.59 Å². The molecule has 0 aliphatic heterocycles. The van der Waals surface area contributed by atoms with Gasteiger partial charge in [-0.1, -0.05) is 39.0 Å². The summed E-state index contributed by atoms with van der Waals surface area (Å²) >= 11 is 0. The fourth-order valence-corrected chi connectivity index (χ4v) is 3.91. The first-order valence-electron chi connectivity index (χ1n) is 11.9. The molecule has 7 heteroatoms. The number of benzene rings is 2. The van der Waals surface area contributed by atoms with Crippen molar-refractivity contribution in [3.63, 3.8) is 0 Å². The van der Waals surface area contributed by atoms with Crippen LogP contribution < -0.4 is 20.7 Å². The highest BCUT2D eigenvalue weighted by Crippen LogP contribution is 2.34. The fraction of sp³-hybridized carbons (Fsp3) is 0.345. The second-order valence-electron chi connectivity index (χ2n) is 10.9. The SMILES string of the molecule is COc1cc(N)ccc1C(=O)N(c1ccc(C(C)(C)C)cc1)C(C(=O)NC(C)(C)C)c1cccnc1. The molecule has 0 saturated heterocycles. The average molecular weight is 489 g/mol. The number of ether oxygens (including phenoxy) is 1. The molecular weight excluding hydrogens is 452 g/mol. The second-order valence-corrected chi connectivity index (χ2v) is 10.9. The Kier molecular flexibility index (Phi) is 7.72. The lowest BCUT2D eigenvalue weighted by Gasteiger charge is -2.34. The largest absolute Gasteiger partial charge is 0.496 e. The molecule has 0 saturated carbocycles. The van der Waals surface area contributed by atoms with Crippen molar-refractivity contribution in [2.45, 2.75) is 58.5 Å². The maximum atomic E-state index is 14.2. The number of hydrogen-bond donors (Lipinski definition) is 2. The van der Waals surface area contributed by atoms with Gasteiger partial charge in [0.1, 0.15) is 11.8 Å². The first-order valence-corrected chi connectivity index (χ1v) is 11.9. The monoisotopic (exact) mass is 488 g/mol. The molecule has 190 valence electrons. The Bertz CT molecular complexity index is 1210. The summed E-state index contributed by atoms with van der Waals surface area (Å²) in [4.78, 5) is 33.7. The topological polar surface area (TPSA) is 97.5 Å². The zero-order valence-electron chi connectivity index (χ0n) is 22.1. The van der Waals surface area contributed by atoms with Crippen molar-refractivity contribution in [1.82, 2.24) is 10.3 Å². The third-order valence-corrected chi connectivity index (χ3v) is 5.69. The summed E-state index contributed by atoms with van der Waals surface area (Å²) in [6, 6.07) is 15.1. The third-order valence-electron chi connectivity index (χ3n) is 5.69. The van der Waals surface area contributed by atoms with Gasteiger partial charge in [0.25, 0.3) is 5.91 Å². The molecule has 3 N–H and O–H groups in total. The maximum Gasteiger partial charge on any atom is 0.263 e. The maximum absolute atomic E-state index is 14.2. The average Bonchev–Trinajstić information content (AvgIpc) is 2.80. The van der Waals surface area contributed by atoms with Crippen molar-refractivity contribution in [3.8, 4) is 5.75 Å². The summed E-state index contributed by atoms with van der Waals surface area (Å²) in [5.41, 5.74) is 8.39. The number of pyridine rings is 1. The smallest absolute Gasteiger partial charge is 0.263 e. The van der Waals surface area contributed by atoms with Crippen LogP contribution in [0.4, 0.5) is 11.4 Å². The molecule has 2 aromatic carbocycles. The lowest BCUT2D eigenvalue weighted by atomic mass is 9.87. The number of nitrogens with two attached hydrogens (primary N) is 1. The molecule has 7 nitrogen and oxygen atoms in total. The van der Waals surface area contributed by atoms with Crippen LogP contribution in [0.2, 0.25) is 0 Å². The van der Waals surface area contributed by atoms with Gasteiger partial charge in [-0.25, -0.2) is 0 Å². The number of amides is 2. The van der Waals surface area contributed by atoms with Gasteiger partial charge < -0.3 is 15.8 Å². The van der Waals surface area contributed by atoms with Gasteiger partial charge in [-0.05, 0) is 62.1 Å². The van der Waals surface area contributed by atoms with Gasteiger partial charge in [0.2, 0.25) is 5.91 Å². The van der Waals surface area contributed by atoms with Crippen molar-refractivity contribution in [1.29, 1.82) is 0 Å². The number of hydrogen-bond acceptors (Lipinski definition) is 5. The van der Waals surface area contributed by atoms with E-state index in [-0.39, 0.29) is 11.3 Å². The van der Waals surface area contributed by atoms with E-state index in [2.05, 4.69) is 31.1 Å².